The zero-order chi connectivity index (χ0) is 0. The molecule has 0 saturated carbocycles. The molecule has 0 unspecified atom stereocenters. The fraction of sp³-hybridized carbons (Fsp3) is 0. The molecule has 6 heteroatoms. The quantitative estimate of drug-likeness (QED) is 0.439. The van der Waals surface area contributed by atoms with E-state index in [9.17, 15) is 0 Å². The van der Waals surface area contributed by atoms with E-state index in [1.165, 1.54) is 0 Å². The summed E-state index contributed by atoms with van der Waals surface area (Å²) in [4.78, 5) is 0. The molecule has 0 aliphatic heterocycles. The molecule has 0 rings (SSSR count). The van der Waals surface area contributed by atoms with Crippen molar-refractivity contribution in [2.75, 3.05) is 0 Å². The molecule has 0 saturated heterocycles. The largest absolute Gasteiger partial charge is 0.187 e. The van der Waals surface area contributed by atoms with Gasteiger partial charge in [0.15, 0.2) is 17.4 Å². The first-order valence-corrected chi connectivity index (χ1v) is 0. The van der Waals surface area contributed by atoms with Crippen LogP contribution >= 0.6 is 0 Å². The van der Waals surface area contributed by atoms with Gasteiger partial charge in [0.1, 0.15) is 0 Å². The topological polar surface area (TPSA) is 0 Å². The second-order valence-corrected chi connectivity index (χ2v) is 0. The van der Waals surface area contributed by atoms with E-state index in [0.29, 0.717) is 0 Å². The van der Waals surface area contributed by atoms with Crippen LogP contribution in [0.25, 0.3) is 0 Å². The molecular formula is H6AlCuFeMnSiZn. The van der Waals surface area contributed by atoms with Gasteiger partial charge in [0, 0.05) is 70.7 Å². The summed E-state index contributed by atoms with van der Waals surface area (Å²) in [7, 11) is 0. The Bertz CT molecular complexity index is 15.5. The second-order valence-electron chi connectivity index (χ2n) is 0. The summed E-state index contributed by atoms with van der Waals surface area (Å²) >= 11 is 0. The van der Waals surface area contributed by atoms with Crippen molar-refractivity contribution < 1.29 is 70.7 Å². The maximum absolute atomic E-state index is 0. The van der Waals surface area contributed by atoms with Crippen molar-refractivity contribution >= 4 is 28.3 Å². The number of hydrogen-bond donors (Lipinski definition) is 0. The summed E-state index contributed by atoms with van der Waals surface area (Å²) in [6, 6.07) is 0. The Balaban J connectivity index is 0. The standard InChI is InChI=1S/Al.Cu.Fe.Mn.H3Si.Zn.3H/h;;;;1H3;;;;. The average Bonchev–Trinajstić information content (AvgIpc) is 0. The number of hydrogen-bond acceptors (Lipinski definition) is 0. The first kappa shape index (κ1) is 65.4. The van der Waals surface area contributed by atoms with Gasteiger partial charge in [-0.15, -0.1) is 0 Å². The maximum Gasteiger partial charge on any atom is 0.187 e. The Kier molecular flexibility index (Phi) is 483. The molecule has 0 heterocycles. The molecule has 0 nitrogen and oxygen atoms in total. The Morgan fingerprint density at radius 3 is 1.00 bits per heavy atom. The summed E-state index contributed by atoms with van der Waals surface area (Å²) in [6.07, 6.45) is 0. The van der Waals surface area contributed by atoms with Crippen LogP contribution in [0, 0.1) is 0 Å². The van der Waals surface area contributed by atoms with E-state index in [-0.39, 0.29) is 99.0 Å². The third kappa shape index (κ3) is 28.4. The Hall–Kier alpha value is 2.93. The Morgan fingerprint density at radius 2 is 1.00 bits per heavy atom. The summed E-state index contributed by atoms with van der Waals surface area (Å²) in [5.74, 6) is 0. The Morgan fingerprint density at radius 1 is 1.00 bits per heavy atom. The van der Waals surface area contributed by atoms with Crippen LogP contribution in [0.2, 0.25) is 0 Å². The first-order chi connectivity index (χ1) is 0. The molecule has 0 aromatic carbocycles. The summed E-state index contributed by atoms with van der Waals surface area (Å²) < 4.78 is 0. The van der Waals surface area contributed by atoms with Gasteiger partial charge in [-0.05, 0) is 11.0 Å². The van der Waals surface area contributed by atoms with Gasteiger partial charge in [-0.3, -0.25) is 0 Å². The van der Waals surface area contributed by atoms with Gasteiger partial charge in [-0.1, -0.05) is 0 Å². The van der Waals surface area contributed by atoms with Crippen LogP contribution in [0.5, 0.6) is 0 Å². The van der Waals surface area contributed by atoms with Crippen molar-refractivity contribution in [1.82, 2.24) is 0 Å². The van der Waals surface area contributed by atoms with Crippen LogP contribution in [0.15, 0.2) is 0 Å². The van der Waals surface area contributed by atoms with Gasteiger partial charge in [0.2, 0.25) is 0 Å². The molecule has 0 aliphatic carbocycles. The van der Waals surface area contributed by atoms with Crippen molar-refractivity contribution in [3.63, 3.8) is 0 Å². The van der Waals surface area contributed by atoms with E-state index in [1.807, 2.05) is 0 Å². The molecule has 3 radical (unpaired) electrons. The molecule has 0 bridgehead atoms. The van der Waals surface area contributed by atoms with E-state index in [1.54, 1.807) is 0 Å². The molecule has 0 aliphatic rings. The summed E-state index contributed by atoms with van der Waals surface area (Å²) in [5.41, 5.74) is 0. The maximum atomic E-state index is 0. The normalized spacial score (nSPS) is 0. The minimum absolute atomic E-state index is 0. The monoisotopic (exact) mass is 299 g/mol. The van der Waals surface area contributed by atoms with E-state index in [0.717, 1.165) is 0 Å². The minimum atomic E-state index is 0. The van der Waals surface area contributed by atoms with Crippen LogP contribution in [0.1, 0.15) is 0 Å². The van der Waals surface area contributed by atoms with Gasteiger partial charge in [-0.25, -0.2) is 0 Å². The minimum Gasteiger partial charge on any atom is -0.0125 e. The second kappa shape index (κ2) is 44.3. The van der Waals surface area contributed by atoms with Crippen LogP contribution in [-0.4, -0.2) is 28.3 Å². The van der Waals surface area contributed by atoms with Crippen LogP contribution in [0.3, 0.4) is 0 Å². The molecule has 0 amide bonds. The third-order valence-corrected chi connectivity index (χ3v) is 0. The SMILES string of the molecule is [AlH3].[Cu].[Fe].[Mn].[SiH3].[Zn]. The molecule has 0 aromatic rings. The van der Waals surface area contributed by atoms with Gasteiger partial charge in [0.05, 0.1) is 0 Å². The molecule has 41 valence electrons. The van der Waals surface area contributed by atoms with Crippen molar-refractivity contribution in [1.29, 1.82) is 0 Å². The predicted octanol–water partition coefficient (Wildman–Crippen LogP) is -2.38. The zero-order valence-corrected chi connectivity index (χ0v) is 10.9. The van der Waals surface area contributed by atoms with E-state index < -0.39 is 0 Å². The average molecular weight is 301 g/mol. The van der Waals surface area contributed by atoms with Crippen LogP contribution < -0.4 is 0 Å². The molecule has 0 spiro atoms. The molecule has 6 heavy (non-hydrogen) atoms. The van der Waals surface area contributed by atoms with Crippen molar-refractivity contribution in [3.8, 4) is 0 Å². The van der Waals surface area contributed by atoms with Gasteiger partial charge in [-0.2, -0.15) is 0 Å². The molecule has 0 aromatic heterocycles. The van der Waals surface area contributed by atoms with E-state index >= 15 is 0 Å². The van der Waals surface area contributed by atoms with Crippen molar-refractivity contribution in [2.24, 2.45) is 0 Å². The van der Waals surface area contributed by atoms with E-state index in [2.05, 4.69) is 0 Å². The molecule has 0 atom stereocenters. The predicted molar refractivity (Wildman–Crippen MR) is 19.9 cm³/mol. The van der Waals surface area contributed by atoms with Crippen molar-refractivity contribution in [3.05, 3.63) is 0 Å². The molecule has 0 N–H and O–H groups in total. The van der Waals surface area contributed by atoms with Crippen molar-refractivity contribution in [2.45, 2.75) is 0 Å². The van der Waals surface area contributed by atoms with E-state index in [4.69, 9.17) is 0 Å². The molecular weight excluding hydrogens is 295 g/mol. The summed E-state index contributed by atoms with van der Waals surface area (Å²) in [5, 5.41) is 0. The fourth-order valence-corrected chi connectivity index (χ4v) is 0. The van der Waals surface area contributed by atoms with Crippen LogP contribution in [0.4, 0.5) is 0 Å². The first-order valence-electron chi connectivity index (χ1n) is 0. The van der Waals surface area contributed by atoms with Gasteiger partial charge in [0.25, 0.3) is 0 Å². The smallest absolute Gasteiger partial charge is 0.0125 e. The Labute approximate surface area is 97.7 Å². The number of rotatable bonds is 0. The fourth-order valence-electron chi connectivity index (χ4n) is 0. The van der Waals surface area contributed by atoms with Gasteiger partial charge < -0.3 is 0 Å². The third-order valence-electron chi connectivity index (χ3n) is 0. The summed E-state index contributed by atoms with van der Waals surface area (Å²) in [6.45, 7) is 0. The zero-order valence-electron chi connectivity index (χ0n) is 2.74. The van der Waals surface area contributed by atoms with Gasteiger partial charge >= 0.3 is 0 Å². The molecule has 0 fully saturated rings. The van der Waals surface area contributed by atoms with Crippen LogP contribution in [-0.2, 0) is 70.7 Å².